The lowest BCUT2D eigenvalue weighted by Gasteiger charge is -2.28. The largest absolute Gasteiger partial charge is 0.378 e. The molecule has 178 valence electrons. The minimum absolute atomic E-state index is 0.176. The van der Waals surface area contributed by atoms with Crippen LogP contribution in [0.5, 0.6) is 0 Å². The number of imidazole rings is 1. The van der Waals surface area contributed by atoms with Gasteiger partial charge in [-0.1, -0.05) is 36.0 Å². The van der Waals surface area contributed by atoms with Gasteiger partial charge in [-0.2, -0.15) is 0 Å². The summed E-state index contributed by atoms with van der Waals surface area (Å²) in [6, 6.07) is 18.6. The van der Waals surface area contributed by atoms with Gasteiger partial charge >= 0.3 is 0 Å². The predicted octanol–water partition coefficient (Wildman–Crippen LogP) is 3.71. The number of benzene rings is 2. The van der Waals surface area contributed by atoms with Crippen LogP contribution in [-0.4, -0.2) is 52.1 Å². The number of hydrogen-bond acceptors (Lipinski definition) is 7. The van der Waals surface area contributed by atoms with Crippen LogP contribution in [0.2, 0.25) is 0 Å². The first-order valence-electron chi connectivity index (χ1n) is 11.5. The quantitative estimate of drug-likeness (QED) is 0.367. The maximum absolute atomic E-state index is 12.0. The highest BCUT2D eigenvalue weighted by atomic mass is 32.2. The van der Waals surface area contributed by atoms with Crippen molar-refractivity contribution in [2.45, 2.75) is 22.9 Å². The zero-order valence-electron chi connectivity index (χ0n) is 19.2. The molecule has 0 radical (unpaired) electrons. The summed E-state index contributed by atoms with van der Waals surface area (Å²) in [4.78, 5) is 31.3. The highest BCUT2D eigenvalue weighted by Crippen LogP contribution is 2.26. The second-order valence-corrected chi connectivity index (χ2v) is 9.24. The molecule has 1 aliphatic rings. The Bertz CT molecular complexity index is 1240. The number of anilines is 1. The lowest BCUT2D eigenvalue weighted by atomic mass is 10.1. The first-order valence-corrected chi connectivity index (χ1v) is 12.3. The number of carbonyl (C=O) groups excluding carboxylic acids is 1. The first-order chi connectivity index (χ1) is 17.2. The fourth-order valence-electron chi connectivity index (χ4n) is 3.80. The van der Waals surface area contributed by atoms with E-state index >= 15 is 0 Å². The van der Waals surface area contributed by atoms with Gasteiger partial charge in [0.05, 0.1) is 25.7 Å². The molecule has 2 aromatic carbocycles. The van der Waals surface area contributed by atoms with Crippen LogP contribution in [0.4, 0.5) is 5.69 Å². The third-order valence-corrected chi connectivity index (χ3v) is 6.64. The average Bonchev–Trinajstić information content (AvgIpc) is 3.45. The number of ether oxygens (including phenoxy) is 1. The Kier molecular flexibility index (Phi) is 7.35. The van der Waals surface area contributed by atoms with Crippen LogP contribution in [-0.2, 0) is 17.7 Å². The van der Waals surface area contributed by atoms with Crippen molar-refractivity contribution in [3.63, 3.8) is 0 Å². The highest BCUT2D eigenvalue weighted by Gasteiger charge is 2.11. The van der Waals surface area contributed by atoms with Gasteiger partial charge in [0.25, 0.3) is 5.91 Å². The SMILES string of the molecule is O=C(NCc1ccc(Sc2ccnc(Cc3ccc(N4CCOCC4)cc3)n2)cc1)c1cnc[nH]1. The number of nitrogens with one attached hydrogen (secondary N) is 2. The Hall–Kier alpha value is -3.69. The van der Waals surface area contributed by atoms with Crippen molar-refractivity contribution >= 4 is 23.4 Å². The molecule has 5 rings (SSSR count). The Morgan fingerprint density at radius 2 is 1.80 bits per heavy atom. The van der Waals surface area contributed by atoms with E-state index in [9.17, 15) is 4.79 Å². The summed E-state index contributed by atoms with van der Waals surface area (Å²) in [5.74, 6) is 0.623. The van der Waals surface area contributed by atoms with Crippen molar-refractivity contribution in [2.75, 3.05) is 31.2 Å². The molecule has 4 aromatic rings. The Morgan fingerprint density at radius 3 is 2.54 bits per heavy atom. The molecule has 35 heavy (non-hydrogen) atoms. The first kappa shape index (κ1) is 23.1. The van der Waals surface area contributed by atoms with Crippen molar-refractivity contribution in [3.8, 4) is 0 Å². The molecule has 1 amide bonds. The van der Waals surface area contributed by atoms with Gasteiger partial charge in [-0.3, -0.25) is 4.79 Å². The number of H-pyrrole nitrogens is 1. The number of rotatable bonds is 8. The standard InChI is InChI=1S/C26H26N6O2S/c33-26(23-17-27-18-30-23)29-16-20-3-7-22(8-4-20)35-25-9-10-28-24(31-25)15-19-1-5-21(6-2-19)32-11-13-34-14-12-32/h1-10,17-18H,11-16H2,(H,27,30)(H,29,33). The van der Waals surface area contributed by atoms with Crippen molar-refractivity contribution in [2.24, 2.45) is 0 Å². The maximum atomic E-state index is 12.0. The van der Waals surface area contributed by atoms with Crippen LogP contribution in [0.1, 0.15) is 27.4 Å². The molecule has 1 fully saturated rings. The summed E-state index contributed by atoms with van der Waals surface area (Å²) in [6.07, 6.45) is 5.49. The molecule has 8 nitrogen and oxygen atoms in total. The number of morpholine rings is 1. The Morgan fingerprint density at radius 1 is 1.03 bits per heavy atom. The molecule has 1 aliphatic heterocycles. The van der Waals surface area contributed by atoms with E-state index in [1.54, 1.807) is 11.8 Å². The molecule has 2 N–H and O–H groups in total. The fourth-order valence-corrected chi connectivity index (χ4v) is 4.60. The highest BCUT2D eigenvalue weighted by molar-refractivity contribution is 7.99. The van der Waals surface area contributed by atoms with E-state index in [1.807, 2.05) is 36.5 Å². The summed E-state index contributed by atoms with van der Waals surface area (Å²) in [6.45, 7) is 3.88. The molecule has 2 aromatic heterocycles. The van der Waals surface area contributed by atoms with Crippen LogP contribution in [0, 0.1) is 0 Å². The van der Waals surface area contributed by atoms with Crippen LogP contribution in [0.15, 0.2) is 83.2 Å². The molecule has 0 unspecified atom stereocenters. The number of amides is 1. The molecule has 0 saturated carbocycles. The molecule has 0 atom stereocenters. The fraction of sp³-hybridized carbons (Fsp3) is 0.231. The van der Waals surface area contributed by atoms with Gasteiger partial charge in [-0.25, -0.2) is 15.0 Å². The van der Waals surface area contributed by atoms with E-state index in [1.165, 1.54) is 23.8 Å². The summed E-state index contributed by atoms with van der Waals surface area (Å²) in [5, 5.41) is 3.78. The van der Waals surface area contributed by atoms with Gasteiger partial charge < -0.3 is 19.9 Å². The molecular formula is C26H26N6O2S. The normalized spacial score (nSPS) is 13.5. The van der Waals surface area contributed by atoms with Crippen molar-refractivity contribution in [1.29, 1.82) is 0 Å². The number of aromatic nitrogens is 4. The lowest BCUT2D eigenvalue weighted by Crippen LogP contribution is -2.36. The topological polar surface area (TPSA) is 96.0 Å². The number of nitrogens with zero attached hydrogens (tertiary/aromatic N) is 4. The molecule has 1 saturated heterocycles. The molecular weight excluding hydrogens is 460 g/mol. The van der Waals surface area contributed by atoms with Crippen LogP contribution in [0.3, 0.4) is 0 Å². The third kappa shape index (κ3) is 6.26. The van der Waals surface area contributed by atoms with E-state index in [0.29, 0.717) is 18.7 Å². The summed E-state index contributed by atoms with van der Waals surface area (Å²) in [7, 11) is 0. The van der Waals surface area contributed by atoms with E-state index < -0.39 is 0 Å². The van der Waals surface area contributed by atoms with Crippen LogP contribution >= 0.6 is 11.8 Å². The van der Waals surface area contributed by atoms with Crippen LogP contribution < -0.4 is 10.2 Å². The minimum atomic E-state index is -0.176. The van der Waals surface area contributed by atoms with Crippen molar-refractivity contribution in [1.82, 2.24) is 25.3 Å². The Balaban J connectivity index is 1.16. The summed E-state index contributed by atoms with van der Waals surface area (Å²) < 4.78 is 5.44. The van der Waals surface area contributed by atoms with E-state index in [-0.39, 0.29) is 5.91 Å². The van der Waals surface area contributed by atoms with Gasteiger partial charge in [0.1, 0.15) is 16.5 Å². The summed E-state index contributed by atoms with van der Waals surface area (Å²) in [5.41, 5.74) is 3.88. The monoisotopic (exact) mass is 486 g/mol. The number of aromatic amines is 1. The van der Waals surface area contributed by atoms with E-state index in [0.717, 1.165) is 47.6 Å². The van der Waals surface area contributed by atoms with Crippen molar-refractivity contribution < 1.29 is 9.53 Å². The van der Waals surface area contributed by atoms with Gasteiger partial charge in [0.15, 0.2) is 0 Å². The average molecular weight is 487 g/mol. The van der Waals surface area contributed by atoms with Crippen LogP contribution in [0.25, 0.3) is 0 Å². The van der Waals surface area contributed by atoms with Gasteiger partial charge in [-0.05, 0) is 41.5 Å². The zero-order chi connectivity index (χ0) is 23.9. The zero-order valence-corrected chi connectivity index (χ0v) is 20.0. The smallest absolute Gasteiger partial charge is 0.269 e. The third-order valence-electron chi connectivity index (χ3n) is 5.70. The number of carbonyl (C=O) groups is 1. The van der Waals surface area contributed by atoms with E-state index in [4.69, 9.17) is 9.72 Å². The number of hydrogen-bond donors (Lipinski definition) is 2. The molecule has 0 bridgehead atoms. The minimum Gasteiger partial charge on any atom is -0.378 e. The predicted molar refractivity (Wildman–Crippen MR) is 135 cm³/mol. The second kappa shape index (κ2) is 11.2. The molecule has 0 spiro atoms. The Labute approximate surface area is 208 Å². The molecule has 9 heteroatoms. The molecule has 0 aliphatic carbocycles. The summed E-state index contributed by atoms with van der Waals surface area (Å²) >= 11 is 1.59. The maximum Gasteiger partial charge on any atom is 0.269 e. The lowest BCUT2D eigenvalue weighted by molar-refractivity contribution is 0.0946. The van der Waals surface area contributed by atoms with Gasteiger partial charge in [0.2, 0.25) is 0 Å². The van der Waals surface area contributed by atoms with E-state index in [2.05, 4.69) is 49.4 Å². The molecule has 3 heterocycles. The van der Waals surface area contributed by atoms with Gasteiger partial charge in [0, 0.05) is 42.8 Å². The van der Waals surface area contributed by atoms with Gasteiger partial charge in [-0.15, -0.1) is 0 Å². The second-order valence-electron chi connectivity index (χ2n) is 8.15. The van der Waals surface area contributed by atoms with Crippen molar-refractivity contribution in [3.05, 3.63) is 96.0 Å².